The van der Waals surface area contributed by atoms with E-state index in [1.807, 2.05) is 31.2 Å². The van der Waals surface area contributed by atoms with Gasteiger partial charge in [0.1, 0.15) is 18.1 Å². The number of halogens is 1. The van der Waals surface area contributed by atoms with Crippen LogP contribution in [-0.2, 0) is 13.2 Å². The summed E-state index contributed by atoms with van der Waals surface area (Å²) in [5.74, 6) is 1.46. The number of ether oxygens (including phenoxy) is 2. The average molecular weight is 293 g/mol. The highest BCUT2D eigenvalue weighted by molar-refractivity contribution is 6.31. The Kier molecular flexibility index (Phi) is 4.82. The molecule has 0 unspecified atom stereocenters. The molecule has 1 aromatic carbocycles. The second-order valence-electron chi connectivity index (χ2n) is 4.39. The smallest absolute Gasteiger partial charge is 0.130 e. The third-order valence-electron chi connectivity index (χ3n) is 2.85. The highest BCUT2D eigenvalue weighted by Gasteiger charge is 2.04. The topological polar surface area (TPSA) is 57.4 Å². The molecule has 106 valence electrons. The first kappa shape index (κ1) is 14.6. The maximum atomic E-state index is 6.09. The van der Waals surface area contributed by atoms with E-state index in [9.17, 15) is 0 Å². The van der Waals surface area contributed by atoms with E-state index in [0.29, 0.717) is 23.9 Å². The van der Waals surface area contributed by atoms with Crippen LogP contribution in [0.5, 0.6) is 11.5 Å². The van der Waals surface area contributed by atoms with Crippen LogP contribution in [0.4, 0.5) is 0 Å². The minimum atomic E-state index is 0.357. The van der Waals surface area contributed by atoms with Gasteiger partial charge in [0.15, 0.2) is 0 Å². The van der Waals surface area contributed by atoms with E-state index < -0.39 is 0 Å². The maximum Gasteiger partial charge on any atom is 0.130 e. The fourth-order valence-corrected chi connectivity index (χ4v) is 2.08. The molecule has 0 fully saturated rings. The molecule has 4 nitrogen and oxygen atoms in total. The van der Waals surface area contributed by atoms with Crippen LogP contribution in [0, 0.1) is 6.92 Å². The molecule has 2 rings (SSSR count). The Hall–Kier alpha value is -1.78. The van der Waals surface area contributed by atoms with E-state index in [2.05, 4.69) is 4.98 Å². The zero-order chi connectivity index (χ0) is 14.5. The Morgan fingerprint density at radius 2 is 2.00 bits per heavy atom. The van der Waals surface area contributed by atoms with E-state index in [-0.39, 0.29) is 0 Å². The first-order valence-electron chi connectivity index (χ1n) is 6.25. The normalized spacial score (nSPS) is 10.4. The van der Waals surface area contributed by atoms with Crippen LogP contribution >= 0.6 is 11.6 Å². The predicted molar refractivity (Wildman–Crippen MR) is 79.2 cm³/mol. The molecule has 0 aliphatic carbocycles. The van der Waals surface area contributed by atoms with Gasteiger partial charge in [0.25, 0.3) is 0 Å². The standard InChI is InChI=1S/C15H17ClN2O2/c1-10-5-14(19-2)6-12(18-10)9-20-13-4-3-11(8-17)15(16)7-13/h3-7H,8-9,17H2,1-2H3. The SMILES string of the molecule is COc1cc(C)nc(COc2ccc(CN)c(Cl)c2)c1. The lowest BCUT2D eigenvalue weighted by atomic mass is 10.2. The Bertz CT molecular complexity index is 602. The number of nitrogens with zero attached hydrogens (tertiary/aromatic N) is 1. The minimum Gasteiger partial charge on any atom is -0.497 e. The summed E-state index contributed by atoms with van der Waals surface area (Å²) in [6.45, 7) is 2.69. The number of methoxy groups -OCH3 is 1. The van der Waals surface area contributed by atoms with E-state index in [1.165, 1.54) is 0 Å². The molecule has 2 aromatic rings. The summed E-state index contributed by atoms with van der Waals surface area (Å²) in [6, 6.07) is 9.19. The first-order chi connectivity index (χ1) is 9.62. The van der Waals surface area contributed by atoms with Gasteiger partial charge >= 0.3 is 0 Å². The number of nitrogens with two attached hydrogens (primary N) is 1. The average Bonchev–Trinajstić information content (AvgIpc) is 2.44. The van der Waals surface area contributed by atoms with Crippen molar-refractivity contribution in [2.24, 2.45) is 5.73 Å². The zero-order valence-corrected chi connectivity index (χ0v) is 12.3. The summed E-state index contributed by atoms with van der Waals surface area (Å²) in [5.41, 5.74) is 8.16. The molecular weight excluding hydrogens is 276 g/mol. The number of benzene rings is 1. The van der Waals surface area contributed by atoms with Crippen molar-refractivity contribution in [2.45, 2.75) is 20.1 Å². The molecule has 20 heavy (non-hydrogen) atoms. The Morgan fingerprint density at radius 1 is 1.20 bits per heavy atom. The van der Waals surface area contributed by atoms with E-state index in [1.54, 1.807) is 13.2 Å². The molecule has 5 heteroatoms. The lowest BCUT2D eigenvalue weighted by molar-refractivity contribution is 0.300. The van der Waals surface area contributed by atoms with Gasteiger partial charge in [-0.3, -0.25) is 4.98 Å². The van der Waals surface area contributed by atoms with Crippen molar-refractivity contribution >= 4 is 11.6 Å². The number of pyridine rings is 1. The molecule has 0 saturated heterocycles. The molecule has 0 aliphatic rings. The number of aromatic nitrogens is 1. The van der Waals surface area contributed by atoms with Crippen LogP contribution in [0.1, 0.15) is 17.0 Å². The molecule has 0 amide bonds. The maximum absolute atomic E-state index is 6.09. The largest absolute Gasteiger partial charge is 0.497 e. The third kappa shape index (κ3) is 3.62. The van der Waals surface area contributed by atoms with Gasteiger partial charge in [-0.25, -0.2) is 0 Å². The highest BCUT2D eigenvalue weighted by Crippen LogP contribution is 2.23. The van der Waals surface area contributed by atoms with E-state index >= 15 is 0 Å². The van der Waals surface area contributed by atoms with Crippen molar-refractivity contribution < 1.29 is 9.47 Å². The molecule has 0 spiro atoms. The molecule has 1 aromatic heterocycles. The van der Waals surface area contributed by atoms with Crippen LogP contribution in [0.2, 0.25) is 5.02 Å². The Labute approximate surface area is 123 Å². The quantitative estimate of drug-likeness (QED) is 0.920. The Balaban J connectivity index is 2.08. The molecule has 0 aliphatic heterocycles. The van der Waals surface area contributed by atoms with Gasteiger partial charge in [-0.1, -0.05) is 17.7 Å². The monoisotopic (exact) mass is 292 g/mol. The fraction of sp³-hybridized carbons (Fsp3) is 0.267. The molecular formula is C15H17ClN2O2. The summed E-state index contributed by atoms with van der Waals surface area (Å²) in [6.07, 6.45) is 0. The number of aryl methyl sites for hydroxylation is 1. The molecule has 0 saturated carbocycles. The highest BCUT2D eigenvalue weighted by atomic mass is 35.5. The van der Waals surface area contributed by atoms with Gasteiger partial charge < -0.3 is 15.2 Å². The van der Waals surface area contributed by atoms with Gasteiger partial charge in [-0.2, -0.15) is 0 Å². The first-order valence-corrected chi connectivity index (χ1v) is 6.63. The summed E-state index contributed by atoms with van der Waals surface area (Å²) in [7, 11) is 1.63. The van der Waals surface area contributed by atoms with Gasteiger partial charge in [0.2, 0.25) is 0 Å². The lowest BCUT2D eigenvalue weighted by Gasteiger charge is -2.09. The van der Waals surface area contributed by atoms with Crippen LogP contribution < -0.4 is 15.2 Å². The van der Waals surface area contributed by atoms with Crippen LogP contribution in [0.25, 0.3) is 0 Å². The predicted octanol–water partition coefficient (Wildman–Crippen LogP) is 3.09. The van der Waals surface area contributed by atoms with Gasteiger partial charge in [-0.05, 0) is 24.6 Å². The molecule has 1 heterocycles. The molecule has 0 atom stereocenters. The molecule has 2 N–H and O–H groups in total. The second kappa shape index (κ2) is 6.59. The van der Waals surface area contributed by atoms with Crippen molar-refractivity contribution in [3.8, 4) is 11.5 Å². The summed E-state index contributed by atoms with van der Waals surface area (Å²) in [4.78, 5) is 4.40. The van der Waals surface area contributed by atoms with Gasteiger partial charge in [-0.15, -0.1) is 0 Å². The minimum absolute atomic E-state index is 0.357. The fourth-order valence-electron chi connectivity index (χ4n) is 1.84. The summed E-state index contributed by atoms with van der Waals surface area (Å²) >= 11 is 6.09. The van der Waals surface area contributed by atoms with E-state index in [0.717, 1.165) is 22.7 Å². The van der Waals surface area contributed by atoms with Gasteiger partial charge in [0.05, 0.1) is 12.8 Å². The van der Waals surface area contributed by atoms with Crippen LogP contribution in [-0.4, -0.2) is 12.1 Å². The lowest BCUT2D eigenvalue weighted by Crippen LogP contribution is -2.01. The number of hydrogen-bond donors (Lipinski definition) is 1. The third-order valence-corrected chi connectivity index (χ3v) is 3.20. The van der Waals surface area contributed by atoms with Gasteiger partial charge in [0, 0.05) is 29.4 Å². The van der Waals surface area contributed by atoms with Crippen molar-refractivity contribution in [2.75, 3.05) is 7.11 Å². The number of rotatable bonds is 5. The van der Waals surface area contributed by atoms with Crippen molar-refractivity contribution in [3.63, 3.8) is 0 Å². The summed E-state index contributed by atoms with van der Waals surface area (Å²) in [5, 5.41) is 0.611. The van der Waals surface area contributed by atoms with Crippen LogP contribution in [0.3, 0.4) is 0 Å². The summed E-state index contributed by atoms with van der Waals surface area (Å²) < 4.78 is 10.9. The van der Waals surface area contributed by atoms with Crippen molar-refractivity contribution in [3.05, 3.63) is 52.3 Å². The van der Waals surface area contributed by atoms with Crippen molar-refractivity contribution in [1.29, 1.82) is 0 Å². The second-order valence-corrected chi connectivity index (χ2v) is 4.79. The zero-order valence-electron chi connectivity index (χ0n) is 11.5. The Morgan fingerprint density at radius 3 is 2.65 bits per heavy atom. The van der Waals surface area contributed by atoms with Crippen molar-refractivity contribution in [1.82, 2.24) is 4.98 Å². The molecule has 0 bridgehead atoms. The number of hydrogen-bond acceptors (Lipinski definition) is 4. The van der Waals surface area contributed by atoms with Crippen LogP contribution in [0.15, 0.2) is 30.3 Å². The van der Waals surface area contributed by atoms with E-state index in [4.69, 9.17) is 26.8 Å². The molecule has 0 radical (unpaired) electrons.